The van der Waals surface area contributed by atoms with Gasteiger partial charge in [-0.2, -0.15) is 0 Å². The van der Waals surface area contributed by atoms with E-state index in [2.05, 4.69) is 15.6 Å². The highest BCUT2D eigenvalue weighted by molar-refractivity contribution is 6.08. The second-order valence-electron chi connectivity index (χ2n) is 5.35. The molecule has 22 heavy (non-hydrogen) atoms. The van der Waals surface area contributed by atoms with E-state index in [1.54, 1.807) is 42.6 Å². The number of carbonyl (C=O) groups is 2. The van der Waals surface area contributed by atoms with Crippen LogP contribution in [-0.2, 0) is 0 Å². The van der Waals surface area contributed by atoms with Crippen molar-refractivity contribution in [1.82, 2.24) is 10.3 Å². The van der Waals surface area contributed by atoms with Crippen LogP contribution in [0.4, 0.5) is 5.69 Å². The molecule has 2 N–H and O–H groups in total. The molecule has 2 aromatic rings. The molecular weight excluding hydrogens is 278 g/mol. The van der Waals surface area contributed by atoms with Crippen molar-refractivity contribution in [2.45, 2.75) is 13.8 Å². The minimum Gasteiger partial charge on any atom is -0.352 e. The van der Waals surface area contributed by atoms with Crippen LogP contribution in [0, 0.1) is 5.92 Å². The minimum absolute atomic E-state index is 0.198. The van der Waals surface area contributed by atoms with Crippen molar-refractivity contribution in [2.75, 3.05) is 11.9 Å². The lowest BCUT2D eigenvalue weighted by molar-refractivity contribution is 0.0950. The van der Waals surface area contributed by atoms with E-state index in [1.165, 1.54) is 6.20 Å². The summed E-state index contributed by atoms with van der Waals surface area (Å²) in [7, 11) is 0. The smallest absolute Gasteiger partial charge is 0.257 e. The number of para-hydroxylation sites is 1. The number of rotatable bonds is 5. The first kappa shape index (κ1) is 15.7. The van der Waals surface area contributed by atoms with Gasteiger partial charge in [0.05, 0.1) is 16.8 Å². The first-order valence-corrected chi connectivity index (χ1v) is 7.16. The molecule has 1 aromatic heterocycles. The zero-order valence-corrected chi connectivity index (χ0v) is 12.7. The number of hydrogen-bond acceptors (Lipinski definition) is 3. The SMILES string of the molecule is CC(C)CNC(=O)c1ccccc1NC(=O)c1cccnc1. The summed E-state index contributed by atoms with van der Waals surface area (Å²) in [5.74, 6) is -0.130. The van der Waals surface area contributed by atoms with Crippen molar-refractivity contribution in [2.24, 2.45) is 5.92 Å². The molecule has 0 atom stereocenters. The lowest BCUT2D eigenvalue weighted by Crippen LogP contribution is -2.28. The molecule has 0 saturated heterocycles. The maximum atomic E-state index is 12.2. The average Bonchev–Trinajstić information content (AvgIpc) is 2.54. The predicted molar refractivity (Wildman–Crippen MR) is 85.8 cm³/mol. The van der Waals surface area contributed by atoms with E-state index in [0.717, 1.165) is 0 Å². The number of aromatic nitrogens is 1. The van der Waals surface area contributed by atoms with E-state index in [1.807, 2.05) is 13.8 Å². The number of hydrogen-bond donors (Lipinski definition) is 2. The molecule has 1 heterocycles. The molecule has 114 valence electrons. The normalized spacial score (nSPS) is 10.3. The van der Waals surface area contributed by atoms with Gasteiger partial charge < -0.3 is 10.6 Å². The van der Waals surface area contributed by atoms with Gasteiger partial charge >= 0.3 is 0 Å². The van der Waals surface area contributed by atoms with E-state index >= 15 is 0 Å². The van der Waals surface area contributed by atoms with Crippen molar-refractivity contribution in [3.8, 4) is 0 Å². The quantitative estimate of drug-likeness (QED) is 0.891. The van der Waals surface area contributed by atoms with Crippen LogP contribution in [0.5, 0.6) is 0 Å². The van der Waals surface area contributed by atoms with Crippen molar-refractivity contribution in [3.63, 3.8) is 0 Å². The molecule has 0 radical (unpaired) electrons. The summed E-state index contributed by atoms with van der Waals surface area (Å²) in [6, 6.07) is 10.3. The molecular formula is C17H19N3O2. The van der Waals surface area contributed by atoms with Gasteiger partial charge in [-0.05, 0) is 30.2 Å². The van der Waals surface area contributed by atoms with Crippen molar-refractivity contribution >= 4 is 17.5 Å². The van der Waals surface area contributed by atoms with Crippen molar-refractivity contribution in [1.29, 1.82) is 0 Å². The third-order valence-electron chi connectivity index (χ3n) is 3.01. The Bertz CT molecular complexity index is 654. The Kier molecular flexibility index (Phi) is 5.25. The Morgan fingerprint density at radius 1 is 1.09 bits per heavy atom. The second-order valence-corrected chi connectivity index (χ2v) is 5.35. The average molecular weight is 297 g/mol. The summed E-state index contributed by atoms with van der Waals surface area (Å²) in [4.78, 5) is 28.3. The van der Waals surface area contributed by atoms with E-state index in [0.29, 0.717) is 29.3 Å². The lowest BCUT2D eigenvalue weighted by Gasteiger charge is -2.12. The van der Waals surface area contributed by atoms with Crippen LogP contribution < -0.4 is 10.6 Å². The molecule has 0 aliphatic heterocycles. The van der Waals surface area contributed by atoms with Crippen molar-refractivity contribution in [3.05, 3.63) is 59.9 Å². The minimum atomic E-state index is -0.294. The molecule has 0 spiro atoms. The highest BCUT2D eigenvalue weighted by Gasteiger charge is 2.14. The Morgan fingerprint density at radius 3 is 2.55 bits per heavy atom. The number of amides is 2. The topological polar surface area (TPSA) is 71.1 Å². The van der Waals surface area contributed by atoms with Crippen LogP contribution in [0.3, 0.4) is 0 Å². The zero-order chi connectivity index (χ0) is 15.9. The van der Waals surface area contributed by atoms with Crippen LogP contribution in [0.15, 0.2) is 48.8 Å². The summed E-state index contributed by atoms with van der Waals surface area (Å²) in [5.41, 5.74) is 1.37. The molecule has 2 rings (SSSR count). The monoisotopic (exact) mass is 297 g/mol. The van der Waals surface area contributed by atoms with Crippen LogP contribution in [-0.4, -0.2) is 23.3 Å². The first-order valence-electron chi connectivity index (χ1n) is 7.16. The summed E-state index contributed by atoms with van der Waals surface area (Å²) < 4.78 is 0. The van der Waals surface area contributed by atoms with Gasteiger partial charge in [0.2, 0.25) is 0 Å². The second kappa shape index (κ2) is 7.36. The Balaban J connectivity index is 2.15. The van der Waals surface area contributed by atoms with Gasteiger partial charge in [0.15, 0.2) is 0 Å². The third-order valence-corrected chi connectivity index (χ3v) is 3.01. The summed E-state index contributed by atoms with van der Waals surface area (Å²) in [5, 5.41) is 5.60. The molecule has 0 fully saturated rings. The molecule has 5 heteroatoms. The van der Waals surface area contributed by atoms with E-state index < -0.39 is 0 Å². The summed E-state index contributed by atoms with van der Waals surface area (Å²) in [6.07, 6.45) is 3.08. The van der Waals surface area contributed by atoms with E-state index in [-0.39, 0.29) is 11.8 Å². The Morgan fingerprint density at radius 2 is 1.86 bits per heavy atom. The zero-order valence-electron chi connectivity index (χ0n) is 12.7. The maximum absolute atomic E-state index is 12.2. The van der Waals surface area contributed by atoms with Gasteiger partial charge in [0, 0.05) is 18.9 Å². The van der Waals surface area contributed by atoms with Gasteiger partial charge in [-0.25, -0.2) is 0 Å². The number of anilines is 1. The van der Waals surface area contributed by atoms with Crippen molar-refractivity contribution < 1.29 is 9.59 Å². The fraction of sp³-hybridized carbons (Fsp3) is 0.235. The lowest BCUT2D eigenvalue weighted by atomic mass is 10.1. The fourth-order valence-corrected chi connectivity index (χ4v) is 1.87. The van der Waals surface area contributed by atoms with Crippen LogP contribution in [0.25, 0.3) is 0 Å². The largest absolute Gasteiger partial charge is 0.352 e. The number of carbonyl (C=O) groups excluding carboxylic acids is 2. The van der Waals surface area contributed by atoms with Gasteiger partial charge in [-0.1, -0.05) is 26.0 Å². The number of pyridine rings is 1. The van der Waals surface area contributed by atoms with Gasteiger partial charge in [-0.15, -0.1) is 0 Å². The highest BCUT2D eigenvalue weighted by atomic mass is 16.2. The number of benzene rings is 1. The maximum Gasteiger partial charge on any atom is 0.257 e. The summed E-state index contributed by atoms with van der Waals surface area (Å²) >= 11 is 0. The molecule has 0 unspecified atom stereocenters. The van der Waals surface area contributed by atoms with Crippen LogP contribution in [0.2, 0.25) is 0 Å². The number of nitrogens with one attached hydrogen (secondary N) is 2. The van der Waals surface area contributed by atoms with Crippen LogP contribution in [0.1, 0.15) is 34.6 Å². The molecule has 0 aliphatic rings. The first-order chi connectivity index (χ1) is 10.6. The number of nitrogens with zero attached hydrogens (tertiary/aromatic N) is 1. The summed E-state index contributed by atoms with van der Waals surface area (Å²) in [6.45, 7) is 4.64. The molecule has 0 saturated carbocycles. The predicted octanol–water partition coefficient (Wildman–Crippen LogP) is 2.72. The van der Waals surface area contributed by atoms with Gasteiger partial charge in [0.1, 0.15) is 0 Å². The van der Waals surface area contributed by atoms with Gasteiger partial charge in [-0.3, -0.25) is 14.6 Å². The Hall–Kier alpha value is -2.69. The fourth-order valence-electron chi connectivity index (χ4n) is 1.87. The molecule has 0 aliphatic carbocycles. The van der Waals surface area contributed by atoms with Gasteiger partial charge in [0.25, 0.3) is 11.8 Å². The highest BCUT2D eigenvalue weighted by Crippen LogP contribution is 2.16. The third kappa shape index (κ3) is 4.15. The van der Waals surface area contributed by atoms with E-state index in [9.17, 15) is 9.59 Å². The Labute approximate surface area is 129 Å². The van der Waals surface area contributed by atoms with Crippen LogP contribution >= 0.6 is 0 Å². The molecule has 0 bridgehead atoms. The molecule has 2 amide bonds. The van der Waals surface area contributed by atoms with E-state index in [4.69, 9.17) is 0 Å². The molecule has 1 aromatic carbocycles. The standard InChI is InChI=1S/C17H19N3O2/c1-12(2)10-19-17(22)14-7-3-4-8-15(14)20-16(21)13-6-5-9-18-11-13/h3-9,11-12H,10H2,1-2H3,(H,19,22)(H,20,21). The molecule has 5 nitrogen and oxygen atoms in total.